The van der Waals surface area contributed by atoms with E-state index >= 15 is 0 Å². The van der Waals surface area contributed by atoms with E-state index in [2.05, 4.69) is 17.1 Å². The fourth-order valence-electron chi connectivity index (χ4n) is 2.67. The normalized spacial score (nSPS) is 18.4. The smallest absolute Gasteiger partial charge is 0.146 e. The highest BCUT2D eigenvalue weighted by molar-refractivity contribution is 5.51. The minimum Gasteiger partial charge on any atom is -0.385 e. The molecule has 1 aliphatic rings. The van der Waals surface area contributed by atoms with Crippen molar-refractivity contribution in [1.29, 1.82) is 0 Å². The zero-order valence-corrected chi connectivity index (χ0v) is 11.3. The number of nitrogens with one attached hydrogen (secondary N) is 1. The molecule has 0 aromatic heterocycles. The molecule has 1 fully saturated rings. The highest BCUT2D eigenvalue weighted by Crippen LogP contribution is 2.28. The topological polar surface area (TPSA) is 24.5 Å². The van der Waals surface area contributed by atoms with E-state index in [1.54, 1.807) is 13.1 Å². The Morgan fingerprint density at radius 1 is 1.44 bits per heavy atom. The Hall–Kier alpha value is -1.13. The Kier molecular flexibility index (Phi) is 3.88. The number of rotatable bonds is 5. The van der Waals surface area contributed by atoms with Crippen LogP contribution >= 0.6 is 0 Å². The van der Waals surface area contributed by atoms with Crippen molar-refractivity contribution in [3.63, 3.8) is 0 Å². The summed E-state index contributed by atoms with van der Waals surface area (Å²) in [6, 6.07) is 5.20. The van der Waals surface area contributed by atoms with Gasteiger partial charge in [0.05, 0.1) is 11.3 Å². The van der Waals surface area contributed by atoms with Gasteiger partial charge in [-0.25, -0.2) is 4.39 Å². The molecule has 0 atom stereocenters. The number of nitrogens with zero attached hydrogens (tertiary/aromatic N) is 1. The van der Waals surface area contributed by atoms with Crippen LogP contribution in [0.3, 0.4) is 0 Å². The molecule has 1 aliphatic heterocycles. The van der Waals surface area contributed by atoms with Gasteiger partial charge in [0.2, 0.25) is 0 Å². The molecule has 0 amide bonds. The van der Waals surface area contributed by atoms with Crippen LogP contribution in [-0.2, 0) is 11.3 Å². The molecule has 100 valence electrons. The number of hydrogen-bond donors (Lipinski definition) is 1. The predicted molar refractivity (Wildman–Crippen MR) is 71.3 cm³/mol. The van der Waals surface area contributed by atoms with Crippen LogP contribution < -0.4 is 5.32 Å². The maximum atomic E-state index is 13.6. The SMILES string of the molecule is CCOC1(C)CN(Cc2cccc(F)c2NC)C1. The summed E-state index contributed by atoms with van der Waals surface area (Å²) in [5, 5.41) is 2.93. The van der Waals surface area contributed by atoms with Gasteiger partial charge in [0, 0.05) is 33.3 Å². The van der Waals surface area contributed by atoms with E-state index in [0.29, 0.717) is 5.69 Å². The van der Waals surface area contributed by atoms with Gasteiger partial charge in [-0.2, -0.15) is 0 Å². The fraction of sp³-hybridized carbons (Fsp3) is 0.571. The first-order valence-electron chi connectivity index (χ1n) is 6.39. The molecule has 2 rings (SSSR count). The van der Waals surface area contributed by atoms with Crippen LogP contribution in [0.15, 0.2) is 18.2 Å². The first kappa shape index (κ1) is 13.3. The van der Waals surface area contributed by atoms with E-state index in [1.807, 2.05) is 13.0 Å². The van der Waals surface area contributed by atoms with E-state index in [9.17, 15) is 4.39 Å². The van der Waals surface area contributed by atoms with Crippen molar-refractivity contribution in [2.45, 2.75) is 26.0 Å². The lowest BCUT2D eigenvalue weighted by atomic mass is 9.95. The molecule has 0 bridgehead atoms. The maximum Gasteiger partial charge on any atom is 0.146 e. The van der Waals surface area contributed by atoms with Crippen LogP contribution in [0.4, 0.5) is 10.1 Å². The van der Waals surface area contributed by atoms with Gasteiger partial charge in [0.15, 0.2) is 0 Å². The van der Waals surface area contributed by atoms with Gasteiger partial charge in [-0.15, -0.1) is 0 Å². The van der Waals surface area contributed by atoms with Crippen LogP contribution in [0.5, 0.6) is 0 Å². The maximum absolute atomic E-state index is 13.6. The lowest BCUT2D eigenvalue weighted by Gasteiger charge is -2.47. The average molecular weight is 252 g/mol. The summed E-state index contributed by atoms with van der Waals surface area (Å²) in [4.78, 5) is 2.27. The molecule has 0 radical (unpaired) electrons. The Labute approximate surface area is 108 Å². The number of halogens is 1. The van der Waals surface area contributed by atoms with Crippen LogP contribution in [0, 0.1) is 5.82 Å². The summed E-state index contributed by atoms with van der Waals surface area (Å²) < 4.78 is 19.3. The zero-order valence-electron chi connectivity index (χ0n) is 11.3. The predicted octanol–water partition coefficient (Wildman–Crippen LogP) is 2.48. The van der Waals surface area contributed by atoms with Crippen molar-refractivity contribution in [2.75, 3.05) is 32.1 Å². The van der Waals surface area contributed by atoms with E-state index in [4.69, 9.17) is 4.74 Å². The van der Waals surface area contributed by atoms with Gasteiger partial charge in [-0.05, 0) is 25.5 Å². The van der Waals surface area contributed by atoms with Crippen LogP contribution in [0.25, 0.3) is 0 Å². The van der Waals surface area contributed by atoms with Crippen molar-refractivity contribution in [2.24, 2.45) is 0 Å². The summed E-state index contributed by atoms with van der Waals surface area (Å²) in [6.07, 6.45) is 0. The standard InChI is InChI=1S/C14H21FN2O/c1-4-18-14(2)9-17(10-14)8-11-6-5-7-12(15)13(11)16-3/h5-7,16H,4,8-10H2,1-3H3. The third kappa shape index (κ3) is 2.65. The third-order valence-electron chi connectivity index (χ3n) is 3.35. The van der Waals surface area contributed by atoms with Gasteiger partial charge in [-0.3, -0.25) is 4.90 Å². The first-order valence-corrected chi connectivity index (χ1v) is 6.39. The van der Waals surface area contributed by atoms with Gasteiger partial charge in [0.1, 0.15) is 5.82 Å². The van der Waals surface area contributed by atoms with Gasteiger partial charge in [0.25, 0.3) is 0 Å². The second-order valence-corrected chi connectivity index (χ2v) is 5.05. The van der Waals surface area contributed by atoms with Crippen LogP contribution in [-0.4, -0.2) is 37.2 Å². The Morgan fingerprint density at radius 2 is 2.17 bits per heavy atom. The molecule has 1 saturated heterocycles. The average Bonchev–Trinajstić information content (AvgIpc) is 2.27. The van der Waals surface area contributed by atoms with E-state index in [0.717, 1.165) is 31.8 Å². The molecule has 1 aromatic rings. The number of anilines is 1. The van der Waals surface area contributed by atoms with Crippen molar-refractivity contribution in [3.8, 4) is 0 Å². The second-order valence-electron chi connectivity index (χ2n) is 5.05. The van der Waals surface area contributed by atoms with Gasteiger partial charge in [-0.1, -0.05) is 12.1 Å². The van der Waals surface area contributed by atoms with E-state index in [-0.39, 0.29) is 11.4 Å². The lowest BCUT2D eigenvalue weighted by molar-refractivity contribution is -0.131. The minimum atomic E-state index is -0.192. The highest BCUT2D eigenvalue weighted by atomic mass is 19.1. The third-order valence-corrected chi connectivity index (χ3v) is 3.35. The summed E-state index contributed by atoms with van der Waals surface area (Å²) in [5.74, 6) is -0.192. The molecular weight excluding hydrogens is 231 g/mol. The largest absolute Gasteiger partial charge is 0.385 e. The second kappa shape index (κ2) is 5.24. The zero-order chi connectivity index (χ0) is 13.2. The Morgan fingerprint density at radius 3 is 2.78 bits per heavy atom. The minimum absolute atomic E-state index is 0.0259. The number of benzene rings is 1. The summed E-state index contributed by atoms with van der Waals surface area (Å²) in [7, 11) is 1.75. The molecule has 18 heavy (non-hydrogen) atoms. The lowest BCUT2D eigenvalue weighted by Crippen LogP contribution is -2.60. The molecule has 1 aromatic carbocycles. The fourth-order valence-corrected chi connectivity index (χ4v) is 2.67. The molecule has 0 unspecified atom stereocenters. The van der Waals surface area contributed by atoms with E-state index < -0.39 is 0 Å². The van der Waals surface area contributed by atoms with Crippen molar-refractivity contribution in [1.82, 2.24) is 4.90 Å². The number of ether oxygens (including phenoxy) is 1. The number of hydrogen-bond acceptors (Lipinski definition) is 3. The van der Waals surface area contributed by atoms with Crippen molar-refractivity contribution in [3.05, 3.63) is 29.6 Å². The summed E-state index contributed by atoms with van der Waals surface area (Å²) in [5.41, 5.74) is 1.57. The molecule has 4 heteroatoms. The number of likely N-dealkylation sites (tertiary alicyclic amines) is 1. The quantitative estimate of drug-likeness (QED) is 0.871. The van der Waals surface area contributed by atoms with Gasteiger partial charge >= 0.3 is 0 Å². The Balaban J connectivity index is 1.98. The van der Waals surface area contributed by atoms with Crippen molar-refractivity contribution < 1.29 is 9.13 Å². The first-order chi connectivity index (χ1) is 8.58. The summed E-state index contributed by atoms with van der Waals surface area (Å²) in [6.45, 7) is 7.45. The van der Waals surface area contributed by atoms with E-state index in [1.165, 1.54) is 6.07 Å². The van der Waals surface area contributed by atoms with Gasteiger partial charge < -0.3 is 10.1 Å². The highest BCUT2D eigenvalue weighted by Gasteiger charge is 2.39. The molecule has 0 saturated carbocycles. The Bertz CT molecular complexity index is 416. The molecule has 1 N–H and O–H groups in total. The molecule has 1 heterocycles. The molecule has 0 spiro atoms. The molecular formula is C14H21FN2O. The van der Waals surface area contributed by atoms with Crippen LogP contribution in [0.2, 0.25) is 0 Å². The summed E-state index contributed by atoms with van der Waals surface area (Å²) >= 11 is 0. The van der Waals surface area contributed by atoms with Crippen LogP contribution in [0.1, 0.15) is 19.4 Å². The number of para-hydroxylation sites is 1. The monoisotopic (exact) mass is 252 g/mol. The van der Waals surface area contributed by atoms with Crippen molar-refractivity contribution >= 4 is 5.69 Å². The molecule has 0 aliphatic carbocycles. The molecule has 3 nitrogen and oxygen atoms in total.